The van der Waals surface area contributed by atoms with Crippen LogP contribution in [0.5, 0.6) is 17.2 Å². The summed E-state index contributed by atoms with van der Waals surface area (Å²) in [6.45, 7) is 4.30. The van der Waals surface area contributed by atoms with Gasteiger partial charge in [-0.05, 0) is 69.9 Å². The fraction of sp³-hybridized carbons (Fsp3) is 0.0870. The quantitative estimate of drug-likeness (QED) is 0.126. The molecule has 0 aliphatic rings. The lowest BCUT2D eigenvalue weighted by Gasteiger charge is -2.30. The molecule has 8 rings (SSSR count). The standard InChI is InChI=1S/C46H38O3P2/c1-3-46(2,47-37-29-26-33-16-10-11-19-36(33)32-37)50-48-42-30-27-34-17-12-14-24-40(34)44(42)45-41-25-15-13-18-35(41)28-31-43(45)49-51(38-20-6-4-7-21-38)39-22-8-5-9-23-39/h4-32,50H,3H2,1-2H3. The Morgan fingerprint density at radius 1 is 0.510 bits per heavy atom. The molecule has 0 aliphatic carbocycles. The SMILES string of the molecule is CCC(C)(Oc1ccc2ccccc2c1)POc1ccc2ccccc2c1-c1c(OP(c2ccccc2)c2ccccc2)ccc2ccccc12. The second-order valence-electron chi connectivity index (χ2n) is 12.8. The summed E-state index contributed by atoms with van der Waals surface area (Å²) in [7, 11) is -1.14. The molecule has 0 saturated carbocycles. The van der Waals surface area contributed by atoms with E-state index in [2.05, 4.69) is 190 Å². The fourth-order valence-corrected chi connectivity index (χ4v) is 9.02. The Labute approximate surface area is 302 Å². The summed E-state index contributed by atoms with van der Waals surface area (Å²) in [5, 5.41) is 8.61. The van der Waals surface area contributed by atoms with Crippen LogP contribution in [0.3, 0.4) is 0 Å². The molecular weight excluding hydrogens is 662 g/mol. The topological polar surface area (TPSA) is 27.7 Å². The summed E-state index contributed by atoms with van der Waals surface area (Å²) >= 11 is 0. The molecule has 0 spiro atoms. The Kier molecular flexibility index (Phi) is 9.42. The highest BCUT2D eigenvalue weighted by atomic mass is 31.1. The van der Waals surface area contributed by atoms with E-state index in [0.29, 0.717) is 0 Å². The Morgan fingerprint density at radius 2 is 1.00 bits per heavy atom. The van der Waals surface area contributed by atoms with Gasteiger partial charge in [0, 0.05) is 21.7 Å². The first-order valence-corrected chi connectivity index (χ1v) is 19.5. The minimum atomic E-state index is -1.17. The third-order valence-electron chi connectivity index (χ3n) is 9.32. The highest BCUT2D eigenvalue weighted by Crippen LogP contribution is 2.51. The molecule has 0 aromatic heterocycles. The van der Waals surface area contributed by atoms with Crippen molar-refractivity contribution in [3.05, 3.63) is 176 Å². The molecule has 250 valence electrons. The molecule has 3 nitrogen and oxygen atoms in total. The van der Waals surface area contributed by atoms with Crippen LogP contribution in [0.25, 0.3) is 43.4 Å². The molecule has 0 amide bonds. The van der Waals surface area contributed by atoms with Gasteiger partial charge in [0.25, 0.3) is 0 Å². The van der Waals surface area contributed by atoms with Gasteiger partial charge in [0.1, 0.15) is 26.1 Å². The van der Waals surface area contributed by atoms with E-state index in [4.69, 9.17) is 13.8 Å². The summed E-state index contributed by atoms with van der Waals surface area (Å²) in [6.07, 6.45) is 0.780. The highest BCUT2D eigenvalue weighted by Gasteiger charge is 2.29. The monoisotopic (exact) mass is 700 g/mol. The number of ether oxygens (including phenoxy) is 1. The first-order chi connectivity index (χ1) is 25.1. The molecule has 2 atom stereocenters. The van der Waals surface area contributed by atoms with Crippen molar-refractivity contribution in [2.75, 3.05) is 0 Å². The maximum absolute atomic E-state index is 7.25. The lowest BCUT2D eigenvalue weighted by atomic mass is 9.92. The van der Waals surface area contributed by atoms with Crippen molar-refractivity contribution in [1.29, 1.82) is 0 Å². The number of hydrogen-bond acceptors (Lipinski definition) is 3. The molecule has 8 aromatic rings. The molecule has 0 radical (unpaired) electrons. The first-order valence-electron chi connectivity index (χ1n) is 17.3. The maximum Gasteiger partial charge on any atom is 0.157 e. The Bertz CT molecular complexity index is 2410. The molecule has 0 aliphatic heterocycles. The van der Waals surface area contributed by atoms with Gasteiger partial charge in [-0.25, -0.2) is 0 Å². The predicted octanol–water partition coefficient (Wildman–Crippen LogP) is 12.4. The van der Waals surface area contributed by atoms with E-state index in [1.807, 2.05) is 0 Å². The summed E-state index contributed by atoms with van der Waals surface area (Å²) in [4.78, 5) is 0. The number of rotatable bonds is 11. The third kappa shape index (κ3) is 6.93. The molecule has 8 aromatic carbocycles. The van der Waals surface area contributed by atoms with Gasteiger partial charge in [-0.3, -0.25) is 0 Å². The molecule has 0 N–H and O–H groups in total. The van der Waals surface area contributed by atoms with Crippen molar-refractivity contribution >= 4 is 59.9 Å². The molecule has 2 unspecified atom stereocenters. The Balaban J connectivity index is 1.24. The van der Waals surface area contributed by atoms with Crippen LogP contribution in [0.15, 0.2) is 176 Å². The second-order valence-corrected chi connectivity index (χ2v) is 16.0. The van der Waals surface area contributed by atoms with E-state index in [-0.39, 0.29) is 8.81 Å². The van der Waals surface area contributed by atoms with Gasteiger partial charge in [0.15, 0.2) is 13.5 Å². The van der Waals surface area contributed by atoms with Crippen LogP contribution in [0, 0.1) is 0 Å². The van der Waals surface area contributed by atoms with Crippen molar-refractivity contribution in [2.24, 2.45) is 0 Å². The summed E-state index contributed by atoms with van der Waals surface area (Å²) in [5.74, 6) is 2.47. The van der Waals surface area contributed by atoms with E-state index in [9.17, 15) is 0 Å². The highest BCUT2D eigenvalue weighted by molar-refractivity contribution is 7.68. The van der Waals surface area contributed by atoms with Crippen LogP contribution < -0.4 is 24.4 Å². The van der Waals surface area contributed by atoms with Gasteiger partial charge in [0.2, 0.25) is 0 Å². The van der Waals surface area contributed by atoms with Crippen LogP contribution in [0.4, 0.5) is 0 Å². The van der Waals surface area contributed by atoms with Crippen LogP contribution in [-0.2, 0) is 0 Å². The average Bonchev–Trinajstić information content (AvgIpc) is 3.19. The second kappa shape index (κ2) is 14.6. The molecule has 0 fully saturated rings. The van der Waals surface area contributed by atoms with Gasteiger partial charge < -0.3 is 13.8 Å². The van der Waals surface area contributed by atoms with Crippen LogP contribution in [0.2, 0.25) is 0 Å². The third-order valence-corrected chi connectivity index (χ3v) is 12.4. The van der Waals surface area contributed by atoms with Gasteiger partial charge in [0.05, 0.1) is 0 Å². The van der Waals surface area contributed by atoms with Crippen molar-refractivity contribution in [2.45, 2.75) is 25.6 Å². The van der Waals surface area contributed by atoms with Gasteiger partial charge >= 0.3 is 0 Å². The van der Waals surface area contributed by atoms with E-state index in [1.165, 1.54) is 5.39 Å². The first kappa shape index (κ1) is 33.0. The summed E-state index contributed by atoms with van der Waals surface area (Å²) in [6, 6.07) is 61.4. The van der Waals surface area contributed by atoms with Gasteiger partial charge in [-0.15, -0.1) is 0 Å². The maximum atomic E-state index is 7.25. The zero-order valence-electron chi connectivity index (χ0n) is 28.6. The number of fused-ring (bicyclic) bond motifs is 3. The van der Waals surface area contributed by atoms with E-state index < -0.39 is 13.5 Å². The Hall–Kier alpha value is -5.20. The molecule has 0 heterocycles. The minimum Gasteiger partial charge on any atom is -0.480 e. The van der Waals surface area contributed by atoms with Gasteiger partial charge in [-0.1, -0.05) is 159 Å². The average molecular weight is 701 g/mol. The summed E-state index contributed by atoms with van der Waals surface area (Å²) < 4.78 is 20.9. The largest absolute Gasteiger partial charge is 0.480 e. The van der Waals surface area contributed by atoms with E-state index in [1.54, 1.807) is 0 Å². The zero-order chi connectivity index (χ0) is 34.6. The number of hydrogen-bond donors (Lipinski definition) is 0. The molecule has 5 heteroatoms. The fourth-order valence-electron chi connectivity index (χ4n) is 6.48. The summed E-state index contributed by atoms with van der Waals surface area (Å²) in [5.41, 5.74) is 2.05. The normalized spacial score (nSPS) is 12.8. The van der Waals surface area contributed by atoms with Crippen molar-refractivity contribution in [3.63, 3.8) is 0 Å². The van der Waals surface area contributed by atoms with E-state index >= 15 is 0 Å². The van der Waals surface area contributed by atoms with Gasteiger partial charge in [-0.2, -0.15) is 0 Å². The molecule has 51 heavy (non-hydrogen) atoms. The minimum absolute atomic E-state index is 0.0344. The van der Waals surface area contributed by atoms with Crippen LogP contribution in [-0.4, -0.2) is 5.34 Å². The number of benzene rings is 8. The van der Waals surface area contributed by atoms with Crippen molar-refractivity contribution < 1.29 is 13.8 Å². The van der Waals surface area contributed by atoms with Crippen LogP contribution in [0.1, 0.15) is 20.3 Å². The van der Waals surface area contributed by atoms with Crippen molar-refractivity contribution in [3.8, 4) is 28.4 Å². The van der Waals surface area contributed by atoms with Crippen LogP contribution >= 0.6 is 17.0 Å². The Morgan fingerprint density at radius 3 is 1.61 bits per heavy atom. The molecule has 0 bridgehead atoms. The molecular formula is C46H38O3P2. The van der Waals surface area contributed by atoms with Crippen molar-refractivity contribution in [1.82, 2.24) is 0 Å². The zero-order valence-corrected chi connectivity index (χ0v) is 30.5. The smallest absolute Gasteiger partial charge is 0.157 e. The van der Waals surface area contributed by atoms with E-state index in [0.717, 1.165) is 72.3 Å². The lowest BCUT2D eigenvalue weighted by molar-refractivity contribution is 0.170. The molecule has 0 saturated heterocycles. The predicted molar refractivity (Wildman–Crippen MR) is 219 cm³/mol. The lowest BCUT2D eigenvalue weighted by Crippen LogP contribution is -2.26.